The van der Waals surface area contributed by atoms with Crippen LogP contribution in [0.4, 0.5) is 0 Å². The van der Waals surface area contributed by atoms with Crippen LogP contribution in [0.25, 0.3) is 11.1 Å². The van der Waals surface area contributed by atoms with Gasteiger partial charge in [0.1, 0.15) is 12.4 Å². The predicted molar refractivity (Wildman–Crippen MR) is 111 cm³/mol. The van der Waals surface area contributed by atoms with Gasteiger partial charge >= 0.3 is 5.97 Å². The minimum Gasteiger partial charge on any atom is -0.489 e. The van der Waals surface area contributed by atoms with Crippen LogP contribution >= 0.6 is 0 Å². The first-order valence-electron chi connectivity index (χ1n) is 9.64. The molecule has 3 aromatic carbocycles. The quantitative estimate of drug-likeness (QED) is 0.607. The van der Waals surface area contributed by atoms with Crippen LogP contribution in [-0.4, -0.2) is 11.1 Å². The van der Waals surface area contributed by atoms with E-state index in [1.807, 2.05) is 18.2 Å². The van der Waals surface area contributed by atoms with Gasteiger partial charge in [-0.25, -0.2) is 0 Å². The molecule has 0 amide bonds. The summed E-state index contributed by atoms with van der Waals surface area (Å²) < 4.78 is 6.01. The second-order valence-electron chi connectivity index (χ2n) is 7.62. The van der Waals surface area contributed by atoms with Crippen LogP contribution in [0.5, 0.6) is 5.75 Å². The van der Waals surface area contributed by atoms with E-state index in [1.54, 1.807) is 0 Å². The minimum absolute atomic E-state index is 0.149. The summed E-state index contributed by atoms with van der Waals surface area (Å²) in [7, 11) is 0. The Balaban J connectivity index is 1.46. The lowest BCUT2D eigenvalue weighted by atomic mass is 9.76. The molecule has 3 nitrogen and oxygen atoms in total. The van der Waals surface area contributed by atoms with E-state index < -0.39 is 5.97 Å². The largest absolute Gasteiger partial charge is 0.489 e. The maximum Gasteiger partial charge on any atom is 0.303 e. The van der Waals surface area contributed by atoms with Crippen LogP contribution < -0.4 is 4.74 Å². The topological polar surface area (TPSA) is 46.5 Å². The highest BCUT2D eigenvalue weighted by Crippen LogP contribution is 2.39. The Bertz CT molecular complexity index is 1020. The molecule has 142 valence electrons. The summed E-state index contributed by atoms with van der Waals surface area (Å²) in [6.45, 7) is 4.80. The molecule has 1 unspecified atom stereocenters. The van der Waals surface area contributed by atoms with E-state index in [4.69, 9.17) is 9.84 Å². The Labute approximate surface area is 165 Å². The van der Waals surface area contributed by atoms with Gasteiger partial charge in [0.15, 0.2) is 0 Å². The molecule has 0 aliphatic heterocycles. The van der Waals surface area contributed by atoms with Crippen molar-refractivity contribution in [3.05, 3.63) is 88.5 Å². The van der Waals surface area contributed by atoms with Gasteiger partial charge in [0.05, 0.1) is 6.42 Å². The zero-order chi connectivity index (χ0) is 19.7. The van der Waals surface area contributed by atoms with Crippen LogP contribution in [0.15, 0.2) is 60.7 Å². The van der Waals surface area contributed by atoms with E-state index in [2.05, 4.69) is 56.3 Å². The molecular weight excluding hydrogens is 348 g/mol. The number of carboxylic acid groups (broad SMARTS) is 1. The van der Waals surface area contributed by atoms with Crippen molar-refractivity contribution < 1.29 is 14.6 Å². The smallest absolute Gasteiger partial charge is 0.303 e. The SMILES string of the molecule is Cc1cccc(C)c1-c1cccc(COc2ccc3c(c2)CC3CC(=O)O)c1. The highest BCUT2D eigenvalue weighted by Gasteiger charge is 2.28. The van der Waals surface area contributed by atoms with Gasteiger partial charge in [0.25, 0.3) is 0 Å². The number of carbonyl (C=O) groups is 1. The van der Waals surface area contributed by atoms with Gasteiger partial charge in [-0.1, -0.05) is 42.5 Å². The van der Waals surface area contributed by atoms with Crippen molar-refractivity contribution in [2.45, 2.75) is 39.2 Å². The first-order valence-corrected chi connectivity index (χ1v) is 9.64. The number of benzene rings is 3. The highest BCUT2D eigenvalue weighted by molar-refractivity contribution is 5.71. The van der Waals surface area contributed by atoms with Gasteiger partial charge in [-0.2, -0.15) is 0 Å². The molecule has 4 rings (SSSR count). The molecular formula is C25H24O3. The summed E-state index contributed by atoms with van der Waals surface area (Å²) in [6.07, 6.45) is 1.03. The summed E-state index contributed by atoms with van der Waals surface area (Å²) in [5.41, 5.74) is 8.53. The maximum atomic E-state index is 10.9. The number of hydrogen-bond donors (Lipinski definition) is 1. The Morgan fingerprint density at radius 1 is 1.04 bits per heavy atom. The molecule has 0 saturated heterocycles. The Morgan fingerprint density at radius 2 is 1.79 bits per heavy atom. The molecule has 0 aromatic heterocycles. The van der Waals surface area contributed by atoms with Crippen LogP contribution in [0.1, 0.15) is 40.2 Å². The Morgan fingerprint density at radius 3 is 2.50 bits per heavy atom. The molecule has 3 aromatic rings. The molecule has 3 heteroatoms. The lowest BCUT2D eigenvalue weighted by molar-refractivity contribution is -0.137. The molecule has 0 saturated carbocycles. The summed E-state index contributed by atoms with van der Waals surface area (Å²) in [5, 5.41) is 8.95. The normalized spacial score (nSPS) is 14.9. The number of hydrogen-bond acceptors (Lipinski definition) is 2. The van der Waals surface area contributed by atoms with E-state index in [-0.39, 0.29) is 12.3 Å². The molecule has 0 bridgehead atoms. The van der Waals surface area contributed by atoms with Crippen molar-refractivity contribution in [3.8, 4) is 16.9 Å². The fraction of sp³-hybridized carbons (Fsp3) is 0.240. The molecule has 1 aliphatic rings. The van der Waals surface area contributed by atoms with Crippen LogP contribution in [0.3, 0.4) is 0 Å². The van der Waals surface area contributed by atoms with E-state index in [0.717, 1.165) is 23.3 Å². The first-order chi connectivity index (χ1) is 13.5. The lowest BCUT2D eigenvalue weighted by Crippen LogP contribution is -2.20. The van der Waals surface area contributed by atoms with E-state index >= 15 is 0 Å². The number of aryl methyl sites for hydroxylation is 2. The van der Waals surface area contributed by atoms with E-state index in [9.17, 15) is 4.79 Å². The van der Waals surface area contributed by atoms with E-state index in [1.165, 1.54) is 27.8 Å². The molecule has 1 atom stereocenters. The fourth-order valence-electron chi connectivity index (χ4n) is 4.14. The van der Waals surface area contributed by atoms with Crippen molar-refractivity contribution in [2.75, 3.05) is 0 Å². The average molecular weight is 372 g/mol. The summed E-state index contributed by atoms with van der Waals surface area (Å²) in [5.74, 6) is 0.250. The van der Waals surface area contributed by atoms with Crippen molar-refractivity contribution >= 4 is 5.97 Å². The number of aliphatic carboxylic acids is 1. The summed E-state index contributed by atoms with van der Waals surface area (Å²) in [6, 6.07) is 20.9. The van der Waals surface area contributed by atoms with E-state index in [0.29, 0.717) is 6.61 Å². The molecule has 0 radical (unpaired) electrons. The molecule has 1 N–H and O–H groups in total. The predicted octanol–water partition coefficient (Wildman–Crippen LogP) is 5.66. The van der Waals surface area contributed by atoms with Gasteiger partial charge in [0, 0.05) is 0 Å². The highest BCUT2D eigenvalue weighted by atomic mass is 16.5. The summed E-state index contributed by atoms with van der Waals surface area (Å²) in [4.78, 5) is 10.9. The number of carboxylic acids is 1. The number of ether oxygens (including phenoxy) is 1. The zero-order valence-electron chi connectivity index (χ0n) is 16.2. The third-order valence-corrected chi connectivity index (χ3v) is 5.54. The van der Waals surface area contributed by atoms with Crippen LogP contribution in [0.2, 0.25) is 0 Å². The summed E-state index contributed by atoms with van der Waals surface area (Å²) >= 11 is 0. The average Bonchev–Trinajstić information content (AvgIpc) is 2.64. The van der Waals surface area contributed by atoms with Crippen molar-refractivity contribution in [1.29, 1.82) is 0 Å². The standard InChI is InChI=1S/C25H24O3/c1-16-5-3-6-17(2)25(16)19-8-4-7-18(11-19)15-28-22-9-10-23-20(13-22)12-21(23)14-24(26)27/h3-11,13,21H,12,14-15H2,1-2H3,(H,26,27). The zero-order valence-corrected chi connectivity index (χ0v) is 16.2. The van der Waals surface area contributed by atoms with Gasteiger partial charge in [-0.15, -0.1) is 0 Å². The monoisotopic (exact) mass is 372 g/mol. The third kappa shape index (κ3) is 3.65. The number of fused-ring (bicyclic) bond motifs is 1. The lowest BCUT2D eigenvalue weighted by Gasteiger charge is -2.29. The van der Waals surface area contributed by atoms with Gasteiger partial charge in [-0.3, -0.25) is 4.79 Å². The van der Waals surface area contributed by atoms with Gasteiger partial charge in [0.2, 0.25) is 0 Å². The maximum absolute atomic E-state index is 10.9. The molecule has 1 aliphatic carbocycles. The fourth-order valence-corrected chi connectivity index (χ4v) is 4.14. The van der Waals surface area contributed by atoms with Crippen molar-refractivity contribution in [3.63, 3.8) is 0 Å². The third-order valence-electron chi connectivity index (χ3n) is 5.54. The Kier molecular flexibility index (Phi) is 4.91. The Hall–Kier alpha value is -3.07. The number of rotatable bonds is 6. The van der Waals surface area contributed by atoms with Crippen molar-refractivity contribution in [1.82, 2.24) is 0 Å². The van der Waals surface area contributed by atoms with Crippen LogP contribution in [0, 0.1) is 13.8 Å². The molecule has 28 heavy (non-hydrogen) atoms. The van der Waals surface area contributed by atoms with Gasteiger partial charge in [-0.05, 0) is 83.3 Å². The second-order valence-corrected chi connectivity index (χ2v) is 7.62. The molecule has 0 spiro atoms. The van der Waals surface area contributed by atoms with Crippen LogP contribution in [-0.2, 0) is 17.8 Å². The minimum atomic E-state index is -0.736. The molecule has 0 heterocycles. The second kappa shape index (κ2) is 7.51. The first kappa shape index (κ1) is 18.3. The molecule has 0 fully saturated rings. The van der Waals surface area contributed by atoms with Gasteiger partial charge < -0.3 is 9.84 Å². The van der Waals surface area contributed by atoms with Crippen molar-refractivity contribution in [2.24, 2.45) is 0 Å².